The van der Waals surface area contributed by atoms with Gasteiger partial charge in [-0.15, -0.1) is 10.2 Å². The quantitative estimate of drug-likeness (QED) is 0.249. The van der Waals surface area contributed by atoms with E-state index in [1.165, 1.54) is 29.6 Å². The number of thioether (sulfide) groups is 2. The number of amides is 1. The van der Waals surface area contributed by atoms with Crippen molar-refractivity contribution in [2.24, 2.45) is 0 Å². The highest BCUT2D eigenvalue weighted by Crippen LogP contribution is 2.18. The molecule has 3 rings (SSSR count). The summed E-state index contributed by atoms with van der Waals surface area (Å²) in [5, 5.41) is 11.6. The van der Waals surface area contributed by atoms with Crippen LogP contribution < -0.4 is 16.6 Å². The maximum atomic E-state index is 11.9. The molecular formula is C18H20N6O3S2. The fourth-order valence-electron chi connectivity index (χ4n) is 2.29. The molecule has 2 aromatic heterocycles. The molecule has 0 saturated carbocycles. The number of aromatic amines is 1. The van der Waals surface area contributed by atoms with Crippen LogP contribution >= 0.6 is 23.5 Å². The SMILES string of the molecule is Nc1cc(=O)[nH]c(SCCCc2nnc(SCC(=O)NCc3ccccc3)o2)n1. The van der Waals surface area contributed by atoms with E-state index >= 15 is 0 Å². The van der Waals surface area contributed by atoms with E-state index in [-0.39, 0.29) is 23.0 Å². The van der Waals surface area contributed by atoms with E-state index in [2.05, 4.69) is 25.5 Å². The zero-order valence-corrected chi connectivity index (χ0v) is 17.1. The first-order valence-electron chi connectivity index (χ1n) is 8.84. The second-order valence-corrected chi connectivity index (χ2v) is 7.95. The van der Waals surface area contributed by atoms with Gasteiger partial charge in [-0.05, 0) is 12.0 Å². The Hall–Kier alpha value is -2.79. The normalized spacial score (nSPS) is 10.8. The van der Waals surface area contributed by atoms with Gasteiger partial charge in [0, 0.05) is 24.8 Å². The van der Waals surface area contributed by atoms with Crippen molar-refractivity contribution in [3.8, 4) is 0 Å². The Morgan fingerprint density at radius 3 is 2.83 bits per heavy atom. The number of aryl methyl sites for hydroxylation is 1. The van der Waals surface area contributed by atoms with Crippen molar-refractivity contribution in [1.82, 2.24) is 25.5 Å². The molecule has 0 aliphatic carbocycles. The summed E-state index contributed by atoms with van der Waals surface area (Å²) in [6, 6.07) is 10.9. The number of nitrogen functional groups attached to an aromatic ring is 1. The van der Waals surface area contributed by atoms with Crippen LogP contribution in [0.25, 0.3) is 0 Å². The average molecular weight is 433 g/mol. The molecular weight excluding hydrogens is 412 g/mol. The number of aromatic nitrogens is 4. The highest BCUT2D eigenvalue weighted by Gasteiger charge is 2.10. The van der Waals surface area contributed by atoms with Gasteiger partial charge in [-0.2, -0.15) is 0 Å². The van der Waals surface area contributed by atoms with Crippen LogP contribution in [0.2, 0.25) is 0 Å². The van der Waals surface area contributed by atoms with Crippen molar-refractivity contribution < 1.29 is 9.21 Å². The van der Waals surface area contributed by atoms with Crippen molar-refractivity contribution >= 4 is 35.2 Å². The van der Waals surface area contributed by atoms with E-state index < -0.39 is 0 Å². The minimum Gasteiger partial charge on any atom is -0.416 e. The number of H-pyrrole nitrogens is 1. The fraction of sp³-hybridized carbons (Fsp3) is 0.278. The Labute approximate surface area is 175 Å². The molecule has 152 valence electrons. The predicted octanol–water partition coefficient (Wildman–Crippen LogP) is 1.87. The molecule has 0 bridgehead atoms. The van der Waals surface area contributed by atoms with E-state index in [0.29, 0.717) is 35.0 Å². The number of hydrogen-bond acceptors (Lipinski definition) is 9. The van der Waals surface area contributed by atoms with Gasteiger partial charge in [0.1, 0.15) is 5.82 Å². The molecule has 11 heteroatoms. The number of nitrogens with two attached hydrogens (primary N) is 1. The lowest BCUT2D eigenvalue weighted by Gasteiger charge is -2.03. The number of nitrogens with one attached hydrogen (secondary N) is 2. The molecule has 0 unspecified atom stereocenters. The van der Waals surface area contributed by atoms with Gasteiger partial charge in [0.15, 0.2) is 5.16 Å². The predicted molar refractivity (Wildman–Crippen MR) is 112 cm³/mol. The van der Waals surface area contributed by atoms with Crippen molar-refractivity contribution in [3.05, 3.63) is 58.2 Å². The van der Waals surface area contributed by atoms with Gasteiger partial charge >= 0.3 is 0 Å². The Bertz CT molecular complexity index is 993. The molecule has 4 N–H and O–H groups in total. The molecule has 29 heavy (non-hydrogen) atoms. The summed E-state index contributed by atoms with van der Waals surface area (Å²) < 4.78 is 5.55. The van der Waals surface area contributed by atoms with Crippen LogP contribution in [0.5, 0.6) is 0 Å². The van der Waals surface area contributed by atoms with Gasteiger partial charge in [0.05, 0.1) is 5.75 Å². The number of benzene rings is 1. The molecule has 0 atom stereocenters. The van der Waals surface area contributed by atoms with Crippen LogP contribution in [0, 0.1) is 0 Å². The average Bonchev–Trinajstić information content (AvgIpc) is 3.16. The van der Waals surface area contributed by atoms with Crippen LogP contribution in [0.1, 0.15) is 17.9 Å². The summed E-state index contributed by atoms with van der Waals surface area (Å²) in [5.41, 5.74) is 6.32. The molecule has 0 saturated heterocycles. The van der Waals surface area contributed by atoms with E-state index in [9.17, 15) is 9.59 Å². The van der Waals surface area contributed by atoms with Gasteiger partial charge in [0.2, 0.25) is 11.8 Å². The van der Waals surface area contributed by atoms with Gasteiger partial charge in [0.25, 0.3) is 10.8 Å². The van der Waals surface area contributed by atoms with Crippen molar-refractivity contribution in [2.45, 2.75) is 29.8 Å². The zero-order chi connectivity index (χ0) is 20.5. The van der Waals surface area contributed by atoms with Crippen LogP contribution in [0.3, 0.4) is 0 Å². The second-order valence-electron chi connectivity index (χ2n) is 5.94. The maximum Gasteiger partial charge on any atom is 0.277 e. The highest BCUT2D eigenvalue weighted by atomic mass is 32.2. The maximum absolute atomic E-state index is 11.9. The summed E-state index contributed by atoms with van der Waals surface area (Å²) in [7, 11) is 0. The number of hydrogen-bond donors (Lipinski definition) is 3. The summed E-state index contributed by atoms with van der Waals surface area (Å²) in [6.45, 7) is 0.486. The molecule has 0 aliphatic rings. The van der Waals surface area contributed by atoms with E-state index in [1.54, 1.807) is 0 Å². The summed E-state index contributed by atoms with van der Waals surface area (Å²) in [4.78, 5) is 29.9. The number of carbonyl (C=O) groups is 1. The third kappa shape index (κ3) is 7.27. The van der Waals surface area contributed by atoms with E-state index in [0.717, 1.165) is 12.0 Å². The highest BCUT2D eigenvalue weighted by molar-refractivity contribution is 7.99. The molecule has 0 radical (unpaired) electrons. The van der Waals surface area contributed by atoms with Crippen LogP contribution in [0.15, 0.2) is 56.0 Å². The Morgan fingerprint density at radius 2 is 2.03 bits per heavy atom. The van der Waals surface area contributed by atoms with Crippen molar-refractivity contribution in [2.75, 3.05) is 17.2 Å². The topological polar surface area (TPSA) is 140 Å². The Morgan fingerprint density at radius 1 is 1.21 bits per heavy atom. The molecule has 3 aromatic rings. The first kappa shape index (κ1) is 20.9. The van der Waals surface area contributed by atoms with Crippen LogP contribution in [-0.2, 0) is 17.8 Å². The third-order valence-corrected chi connectivity index (χ3v) is 5.40. The molecule has 1 amide bonds. The zero-order valence-electron chi connectivity index (χ0n) is 15.5. The standard InChI is InChI=1S/C18H20N6O3S2/c19-13-9-14(25)22-17(21-13)28-8-4-7-16-23-24-18(27-16)29-11-15(26)20-10-12-5-2-1-3-6-12/h1-3,5-6,9H,4,7-8,10-11H2,(H,20,26)(H3,19,21,22,25). The minimum absolute atomic E-state index is 0.0985. The van der Waals surface area contributed by atoms with Crippen molar-refractivity contribution in [1.29, 1.82) is 0 Å². The van der Waals surface area contributed by atoms with Gasteiger partial charge in [-0.3, -0.25) is 9.59 Å². The van der Waals surface area contributed by atoms with Crippen LogP contribution in [-0.4, -0.2) is 37.6 Å². The summed E-state index contributed by atoms with van der Waals surface area (Å²) in [5.74, 6) is 1.52. The molecule has 0 aliphatic heterocycles. The Balaban J connectivity index is 1.34. The lowest BCUT2D eigenvalue weighted by Crippen LogP contribution is -2.24. The van der Waals surface area contributed by atoms with Gasteiger partial charge in [-0.25, -0.2) is 4.98 Å². The van der Waals surface area contributed by atoms with Crippen molar-refractivity contribution in [3.63, 3.8) is 0 Å². The number of carbonyl (C=O) groups excluding carboxylic acids is 1. The molecule has 9 nitrogen and oxygen atoms in total. The smallest absolute Gasteiger partial charge is 0.277 e. The lowest BCUT2D eigenvalue weighted by molar-refractivity contribution is -0.118. The number of anilines is 1. The molecule has 0 spiro atoms. The minimum atomic E-state index is -0.272. The van der Waals surface area contributed by atoms with Gasteiger partial charge in [-0.1, -0.05) is 53.9 Å². The summed E-state index contributed by atoms with van der Waals surface area (Å²) >= 11 is 2.60. The monoisotopic (exact) mass is 432 g/mol. The van der Waals surface area contributed by atoms with E-state index in [1.807, 2.05) is 30.3 Å². The van der Waals surface area contributed by atoms with E-state index in [4.69, 9.17) is 10.2 Å². The molecule has 1 aromatic carbocycles. The number of rotatable bonds is 10. The molecule has 0 fully saturated rings. The fourth-order valence-corrected chi connectivity index (χ4v) is 3.72. The van der Waals surface area contributed by atoms with Crippen LogP contribution in [0.4, 0.5) is 5.82 Å². The Kier molecular flexibility index (Phi) is 7.70. The number of nitrogens with zero attached hydrogens (tertiary/aromatic N) is 3. The first-order chi connectivity index (χ1) is 14.1. The lowest BCUT2D eigenvalue weighted by atomic mass is 10.2. The third-order valence-electron chi connectivity index (χ3n) is 3.62. The molecule has 2 heterocycles. The first-order valence-corrected chi connectivity index (χ1v) is 10.8. The van der Waals surface area contributed by atoms with Gasteiger partial charge < -0.3 is 20.5 Å². The largest absolute Gasteiger partial charge is 0.416 e. The summed E-state index contributed by atoms with van der Waals surface area (Å²) in [6.07, 6.45) is 1.35. The second kappa shape index (κ2) is 10.7.